The molecule has 0 aromatic carbocycles. The number of rotatable bonds is 10. The van der Waals surface area contributed by atoms with Crippen molar-refractivity contribution in [3.63, 3.8) is 0 Å². The van der Waals surface area contributed by atoms with Gasteiger partial charge in [0.1, 0.15) is 6.61 Å². The number of ether oxygens (including phenoxy) is 3. The average Bonchev–Trinajstić information content (AvgIpc) is 2.76. The van der Waals surface area contributed by atoms with Crippen LogP contribution in [0.4, 0.5) is 0 Å². The van der Waals surface area contributed by atoms with Gasteiger partial charge in [0.15, 0.2) is 0 Å². The minimum absolute atomic E-state index is 0.0651. The minimum atomic E-state index is -0.935. The Morgan fingerprint density at radius 2 is 1.11 bits per heavy atom. The lowest BCUT2D eigenvalue weighted by Gasteiger charge is -2.20. The fourth-order valence-corrected chi connectivity index (χ4v) is 1.30. The Hall–Kier alpha value is -3.20. The molecule has 0 aromatic rings. The van der Waals surface area contributed by atoms with Gasteiger partial charge in [-0.2, -0.15) is 0 Å². The summed E-state index contributed by atoms with van der Waals surface area (Å²) in [6.07, 6.45) is 1.97. The highest BCUT2D eigenvalue weighted by molar-refractivity contribution is 5.87. The van der Waals surface area contributed by atoms with Gasteiger partial charge in [0, 0.05) is 34.4 Å². The summed E-state index contributed by atoms with van der Waals surface area (Å²) >= 11 is 0. The first-order valence-corrected chi connectivity index (χ1v) is 11.4. The molecule has 9 heteroatoms. The molecule has 0 aromatic heterocycles. The lowest BCUT2D eigenvalue weighted by Crippen LogP contribution is -2.38. The zero-order valence-electron chi connectivity index (χ0n) is 23.7. The first-order valence-electron chi connectivity index (χ1n) is 11.4. The number of methoxy groups -OCH3 is 1. The van der Waals surface area contributed by atoms with E-state index < -0.39 is 5.97 Å². The van der Waals surface area contributed by atoms with Crippen LogP contribution in [0.1, 0.15) is 68.2 Å². The van der Waals surface area contributed by atoms with E-state index in [-0.39, 0.29) is 29.0 Å². The molecule has 0 heterocycles. The molecule has 0 fully saturated rings. The highest BCUT2D eigenvalue weighted by Gasteiger charge is 2.08. The van der Waals surface area contributed by atoms with E-state index in [0.29, 0.717) is 36.5 Å². The van der Waals surface area contributed by atoms with Gasteiger partial charge in [-0.15, -0.1) is 0 Å². The van der Waals surface area contributed by atoms with Gasteiger partial charge in [0.05, 0.1) is 13.7 Å². The third kappa shape index (κ3) is 35.4. The Morgan fingerprint density at radius 1 is 0.750 bits per heavy atom. The standard InChI is InChI=1S/C10H19NO2.C8H14O2.C5H8O2.C4H6O2/c1-8(2)9(12)13-7-6-11-10(3,4)5;1-4-5-6-10-8(9)7(2)3;1-4(2)5(6)7-3;1-3(2)4(5)6/h11H,1,6-7H2,2-5H3;2,4-6H2,1,3H3;1H2,2-3H3;1H2,2H3,(H,5,6). The van der Waals surface area contributed by atoms with E-state index in [1.54, 1.807) is 20.8 Å². The van der Waals surface area contributed by atoms with Crippen molar-refractivity contribution >= 4 is 23.9 Å². The van der Waals surface area contributed by atoms with Crippen LogP contribution in [-0.4, -0.2) is 61.4 Å². The SMILES string of the molecule is C=C(C)C(=O)O.C=C(C)C(=O)OC.C=C(C)C(=O)OCCCC.C=C(C)C(=O)OCCNC(C)(C)C. The van der Waals surface area contributed by atoms with E-state index in [1.807, 2.05) is 0 Å². The van der Waals surface area contributed by atoms with Crippen LogP contribution in [0.5, 0.6) is 0 Å². The fraction of sp³-hybridized carbons (Fsp3) is 0.556. The Bertz CT molecular complexity index is 733. The first kappa shape index (κ1) is 40.0. The summed E-state index contributed by atoms with van der Waals surface area (Å²) in [4.78, 5) is 41.4. The number of nitrogens with one attached hydrogen (secondary N) is 1. The highest BCUT2D eigenvalue weighted by Crippen LogP contribution is 1.98. The van der Waals surface area contributed by atoms with Gasteiger partial charge in [-0.05, 0) is 54.9 Å². The predicted octanol–water partition coefficient (Wildman–Crippen LogP) is 4.78. The van der Waals surface area contributed by atoms with Gasteiger partial charge in [-0.3, -0.25) is 0 Å². The van der Waals surface area contributed by atoms with Crippen LogP contribution in [0.25, 0.3) is 0 Å². The van der Waals surface area contributed by atoms with Crippen molar-refractivity contribution in [2.75, 3.05) is 26.9 Å². The number of carbonyl (C=O) groups excluding carboxylic acids is 3. The molecule has 0 saturated heterocycles. The summed E-state index contributed by atoms with van der Waals surface area (Å²) in [6.45, 7) is 29.6. The van der Waals surface area contributed by atoms with Crippen LogP contribution < -0.4 is 5.32 Å². The molecule has 0 radical (unpaired) electrons. The second kappa shape index (κ2) is 23.5. The Balaban J connectivity index is -0.000000199. The minimum Gasteiger partial charge on any atom is -0.478 e. The van der Waals surface area contributed by atoms with Gasteiger partial charge in [-0.25, -0.2) is 19.2 Å². The smallest absolute Gasteiger partial charge is 0.333 e. The largest absolute Gasteiger partial charge is 0.478 e. The number of carboxylic acids is 1. The van der Waals surface area contributed by atoms with Gasteiger partial charge >= 0.3 is 23.9 Å². The molecule has 0 bridgehead atoms. The summed E-state index contributed by atoms with van der Waals surface area (Å²) in [5.41, 5.74) is 1.58. The maximum Gasteiger partial charge on any atom is 0.333 e. The lowest BCUT2D eigenvalue weighted by molar-refractivity contribution is -0.139. The zero-order chi connectivity index (χ0) is 29.5. The Kier molecular flexibility index (Phi) is 26.1. The molecule has 208 valence electrons. The van der Waals surface area contributed by atoms with E-state index in [9.17, 15) is 19.2 Å². The van der Waals surface area contributed by atoms with E-state index >= 15 is 0 Å². The number of aliphatic carboxylic acids is 1. The van der Waals surface area contributed by atoms with Gasteiger partial charge in [-0.1, -0.05) is 39.7 Å². The summed E-state index contributed by atoms with van der Waals surface area (Å²) < 4.78 is 14.0. The highest BCUT2D eigenvalue weighted by atomic mass is 16.5. The molecule has 9 nitrogen and oxygen atoms in total. The summed E-state index contributed by atoms with van der Waals surface area (Å²) in [6, 6.07) is 0. The molecule has 0 aliphatic carbocycles. The summed E-state index contributed by atoms with van der Waals surface area (Å²) in [5, 5.41) is 11.1. The molecule has 0 amide bonds. The topological polar surface area (TPSA) is 128 Å². The third-order valence-electron chi connectivity index (χ3n) is 3.32. The van der Waals surface area contributed by atoms with Crippen molar-refractivity contribution < 1.29 is 38.5 Å². The quantitative estimate of drug-likeness (QED) is 0.183. The van der Waals surface area contributed by atoms with E-state index in [2.05, 4.69) is 64.1 Å². The number of hydrogen-bond acceptors (Lipinski definition) is 8. The number of carboxylic acid groups (broad SMARTS) is 1. The molecule has 0 unspecified atom stereocenters. The van der Waals surface area contributed by atoms with Crippen molar-refractivity contribution in [1.82, 2.24) is 5.32 Å². The van der Waals surface area contributed by atoms with Crippen molar-refractivity contribution in [3.8, 4) is 0 Å². The molecule has 0 rings (SSSR count). The molecule has 0 aliphatic rings. The lowest BCUT2D eigenvalue weighted by atomic mass is 10.1. The molecule has 0 atom stereocenters. The van der Waals surface area contributed by atoms with E-state index in [0.717, 1.165) is 12.8 Å². The van der Waals surface area contributed by atoms with Gasteiger partial charge in [0.25, 0.3) is 0 Å². The molecule has 0 spiro atoms. The van der Waals surface area contributed by atoms with Crippen LogP contribution in [0, 0.1) is 0 Å². The van der Waals surface area contributed by atoms with Crippen LogP contribution in [0.2, 0.25) is 0 Å². The molecular formula is C27H47NO8. The maximum atomic E-state index is 10.9. The van der Waals surface area contributed by atoms with E-state index in [1.165, 1.54) is 14.0 Å². The van der Waals surface area contributed by atoms with Gasteiger partial charge in [0.2, 0.25) is 0 Å². The van der Waals surface area contributed by atoms with Crippen molar-refractivity contribution in [2.45, 2.75) is 73.8 Å². The van der Waals surface area contributed by atoms with Crippen molar-refractivity contribution in [3.05, 3.63) is 48.6 Å². The third-order valence-corrected chi connectivity index (χ3v) is 3.32. The predicted molar refractivity (Wildman–Crippen MR) is 143 cm³/mol. The van der Waals surface area contributed by atoms with Crippen LogP contribution in [0.3, 0.4) is 0 Å². The monoisotopic (exact) mass is 513 g/mol. The van der Waals surface area contributed by atoms with Crippen LogP contribution in [0.15, 0.2) is 48.6 Å². The summed E-state index contributed by atoms with van der Waals surface area (Å²) in [7, 11) is 1.33. The molecule has 0 saturated carbocycles. The maximum absolute atomic E-state index is 10.9. The summed E-state index contributed by atoms with van der Waals surface area (Å²) in [5.74, 6) is -1.89. The van der Waals surface area contributed by atoms with E-state index in [4.69, 9.17) is 14.6 Å². The number of carbonyl (C=O) groups is 4. The molecule has 0 aliphatic heterocycles. The Morgan fingerprint density at radius 3 is 1.33 bits per heavy atom. The second-order valence-corrected chi connectivity index (χ2v) is 8.72. The average molecular weight is 514 g/mol. The molecular weight excluding hydrogens is 466 g/mol. The number of esters is 3. The molecule has 36 heavy (non-hydrogen) atoms. The van der Waals surface area contributed by atoms with Crippen molar-refractivity contribution in [2.24, 2.45) is 0 Å². The molecule has 2 N–H and O–H groups in total. The number of hydrogen-bond donors (Lipinski definition) is 2. The van der Waals surface area contributed by atoms with Crippen LogP contribution in [-0.2, 0) is 33.4 Å². The normalized spacial score (nSPS) is 9.25. The zero-order valence-corrected chi connectivity index (χ0v) is 23.7. The van der Waals surface area contributed by atoms with Crippen LogP contribution >= 0.6 is 0 Å². The Labute approximate surface area is 217 Å². The number of unbranched alkanes of at least 4 members (excludes halogenated alkanes) is 1. The fourth-order valence-electron chi connectivity index (χ4n) is 1.30. The second-order valence-electron chi connectivity index (χ2n) is 8.72. The van der Waals surface area contributed by atoms with Crippen molar-refractivity contribution in [1.29, 1.82) is 0 Å². The van der Waals surface area contributed by atoms with Gasteiger partial charge < -0.3 is 24.6 Å². The first-order chi connectivity index (χ1) is 16.3.